The summed E-state index contributed by atoms with van der Waals surface area (Å²) in [6, 6.07) is 3.93. The Labute approximate surface area is 78.0 Å². The van der Waals surface area contributed by atoms with E-state index in [9.17, 15) is 4.79 Å². The smallest absolute Gasteiger partial charge is 0.141 e. The van der Waals surface area contributed by atoms with Crippen LogP contribution in [0.4, 0.5) is 0 Å². The second kappa shape index (κ2) is 2.66. The van der Waals surface area contributed by atoms with Gasteiger partial charge in [0.25, 0.3) is 0 Å². The van der Waals surface area contributed by atoms with Crippen LogP contribution in [0.2, 0.25) is 0 Å². The van der Waals surface area contributed by atoms with E-state index in [-0.39, 0.29) is 11.2 Å². The topological polar surface area (TPSA) is 30.0 Å². The maximum atomic E-state index is 11.4. The highest BCUT2D eigenvalue weighted by molar-refractivity contribution is 5.90. The summed E-state index contributed by atoms with van der Waals surface area (Å²) < 4.78 is 0. The van der Waals surface area contributed by atoms with Crippen LogP contribution in [0.5, 0.6) is 0 Å². The maximum Gasteiger partial charge on any atom is 0.141 e. The maximum absolute atomic E-state index is 11.4. The highest BCUT2D eigenvalue weighted by atomic mass is 16.1. The molecule has 2 rings (SSSR count). The van der Waals surface area contributed by atoms with E-state index < -0.39 is 0 Å². The average Bonchev–Trinajstić information content (AvgIpc) is 2.85. The zero-order valence-corrected chi connectivity index (χ0v) is 8.00. The summed E-state index contributed by atoms with van der Waals surface area (Å²) in [4.78, 5) is 15.8. The minimum absolute atomic E-state index is 0.217. The fraction of sp³-hybridized carbons (Fsp3) is 0.455. The highest BCUT2D eigenvalue weighted by Crippen LogP contribution is 2.48. The average molecular weight is 175 g/mol. The lowest BCUT2D eigenvalue weighted by Crippen LogP contribution is -2.19. The molecule has 0 atom stereocenters. The zero-order chi connectivity index (χ0) is 9.47. The molecule has 68 valence electrons. The number of ketones is 1. The third-order valence-corrected chi connectivity index (χ3v) is 2.89. The van der Waals surface area contributed by atoms with Gasteiger partial charge < -0.3 is 0 Å². The number of nitrogens with zero attached hydrogens (tertiary/aromatic N) is 1. The molecule has 0 aromatic carbocycles. The minimum Gasteiger partial charge on any atom is -0.299 e. The van der Waals surface area contributed by atoms with Gasteiger partial charge in [0.05, 0.1) is 11.1 Å². The van der Waals surface area contributed by atoms with E-state index in [1.54, 1.807) is 13.1 Å². The van der Waals surface area contributed by atoms with E-state index in [2.05, 4.69) is 4.98 Å². The second-order valence-electron chi connectivity index (χ2n) is 3.81. The molecule has 1 fully saturated rings. The van der Waals surface area contributed by atoms with Gasteiger partial charge in [-0.05, 0) is 38.3 Å². The van der Waals surface area contributed by atoms with Gasteiger partial charge in [0.15, 0.2) is 0 Å². The van der Waals surface area contributed by atoms with Gasteiger partial charge in [-0.1, -0.05) is 6.07 Å². The van der Waals surface area contributed by atoms with Crippen molar-refractivity contribution in [2.75, 3.05) is 0 Å². The number of Topliss-reactive ketones (excluding diaryl/α,β-unsaturated/α-hetero) is 1. The Hall–Kier alpha value is -1.18. The van der Waals surface area contributed by atoms with Crippen LogP contribution in [0.1, 0.15) is 31.0 Å². The largest absolute Gasteiger partial charge is 0.299 e. The molecule has 0 aliphatic heterocycles. The predicted octanol–water partition coefficient (Wildman–Crippen LogP) is 2.01. The van der Waals surface area contributed by atoms with E-state index in [0.717, 1.165) is 24.1 Å². The van der Waals surface area contributed by atoms with Crippen LogP contribution in [0, 0.1) is 6.92 Å². The van der Waals surface area contributed by atoms with Gasteiger partial charge in [0.1, 0.15) is 5.78 Å². The Morgan fingerprint density at radius 1 is 1.54 bits per heavy atom. The van der Waals surface area contributed by atoms with E-state index >= 15 is 0 Å². The Morgan fingerprint density at radius 2 is 2.23 bits per heavy atom. The summed E-state index contributed by atoms with van der Waals surface area (Å²) in [6.45, 7) is 3.69. The highest BCUT2D eigenvalue weighted by Gasteiger charge is 2.50. The lowest BCUT2D eigenvalue weighted by Gasteiger charge is -2.12. The fourth-order valence-corrected chi connectivity index (χ4v) is 1.87. The van der Waals surface area contributed by atoms with Crippen molar-refractivity contribution in [3.8, 4) is 0 Å². The summed E-state index contributed by atoms with van der Waals surface area (Å²) in [5.74, 6) is 0.259. The molecule has 1 aliphatic carbocycles. The molecular weight excluding hydrogens is 162 g/mol. The van der Waals surface area contributed by atoms with Crippen LogP contribution < -0.4 is 0 Å². The quantitative estimate of drug-likeness (QED) is 0.688. The van der Waals surface area contributed by atoms with Crippen molar-refractivity contribution in [2.24, 2.45) is 0 Å². The van der Waals surface area contributed by atoms with Crippen molar-refractivity contribution < 1.29 is 4.79 Å². The Kier molecular flexibility index (Phi) is 1.72. The molecule has 1 heterocycles. The summed E-state index contributed by atoms with van der Waals surface area (Å²) in [5, 5.41) is 0. The summed E-state index contributed by atoms with van der Waals surface area (Å²) >= 11 is 0. The van der Waals surface area contributed by atoms with Crippen LogP contribution in [-0.2, 0) is 10.2 Å². The number of carbonyl (C=O) groups is 1. The molecule has 1 saturated carbocycles. The normalized spacial score (nSPS) is 18.3. The number of aromatic nitrogens is 1. The number of pyridine rings is 1. The molecule has 1 aromatic rings. The lowest BCUT2D eigenvalue weighted by molar-refractivity contribution is -0.119. The summed E-state index contributed by atoms with van der Waals surface area (Å²) in [5.41, 5.74) is 1.91. The first kappa shape index (κ1) is 8.42. The van der Waals surface area contributed by atoms with Gasteiger partial charge in [-0.25, -0.2) is 0 Å². The van der Waals surface area contributed by atoms with Crippen LogP contribution >= 0.6 is 0 Å². The van der Waals surface area contributed by atoms with Crippen molar-refractivity contribution >= 4 is 5.78 Å². The van der Waals surface area contributed by atoms with E-state index in [4.69, 9.17) is 0 Å². The molecule has 2 heteroatoms. The molecule has 0 bridgehead atoms. The molecule has 0 amide bonds. The first-order valence-corrected chi connectivity index (χ1v) is 4.60. The minimum atomic E-state index is -0.217. The molecule has 0 N–H and O–H groups in total. The first-order chi connectivity index (χ1) is 6.17. The lowest BCUT2D eigenvalue weighted by atomic mass is 9.94. The van der Waals surface area contributed by atoms with Crippen LogP contribution in [0.15, 0.2) is 18.3 Å². The van der Waals surface area contributed by atoms with E-state index in [1.807, 2.05) is 19.1 Å². The Morgan fingerprint density at radius 3 is 2.69 bits per heavy atom. The van der Waals surface area contributed by atoms with Crippen molar-refractivity contribution in [1.82, 2.24) is 4.98 Å². The standard InChI is InChI=1S/C11H13NO/c1-8-4-3-7-12-10(8)11(5-6-11)9(2)13/h3-4,7H,5-6H2,1-2H3. The molecule has 1 aliphatic rings. The van der Waals surface area contributed by atoms with Gasteiger partial charge in [0, 0.05) is 6.20 Å². The molecule has 0 spiro atoms. The SMILES string of the molecule is CC(=O)C1(c2ncccc2C)CC1. The van der Waals surface area contributed by atoms with Crippen molar-refractivity contribution in [3.63, 3.8) is 0 Å². The molecule has 0 unspecified atom stereocenters. The predicted molar refractivity (Wildman–Crippen MR) is 50.6 cm³/mol. The van der Waals surface area contributed by atoms with E-state index in [1.165, 1.54) is 0 Å². The molecule has 2 nitrogen and oxygen atoms in total. The van der Waals surface area contributed by atoms with Gasteiger partial charge in [-0.3, -0.25) is 9.78 Å². The number of aryl methyl sites for hydroxylation is 1. The zero-order valence-electron chi connectivity index (χ0n) is 8.00. The van der Waals surface area contributed by atoms with Crippen LogP contribution in [0.25, 0.3) is 0 Å². The number of hydrogen-bond donors (Lipinski definition) is 0. The van der Waals surface area contributed by atoms with Gasteiger partial charge >= 0.3 is 0 Å². The molecule has 13 heavy (non-hydrogen) atoms. The van der Waals surface area contributed by atoms with E-state index in [0.29, 0.717) is 0 Å². The third-order valence-electron chi connectivity index (χ3n) is 2.89. The third kappa shape index (κ3) is 1.17. The van der Waals surface area contributed by atoms with Crippen molar-refractivity contribution in [2.45, 2.75) is 32.1 Å². The van der Waals surface area contributed by atoms with Gasteiger partial charge in [-0.2, -0.15) is 0 Å². The number of carbonyl (C=O) groups excluding carboxylic acids is 1. The number of rotatable bonds is 2. The number of hydrogen-bond acceptors (Lipinski definition) is 2. The van der Waals surface area contributed by atoms with Gasteiger partial charge in [-0.15, -0.1) is 0 Å². The van der Waals surface area contributed by atoms with Crippen molar-refractivity contribution in [1.29, 1.82) is 0 Å². The molecule has 0 radical (unpaired) electrons. The Bertz CT molecular complexity index is 353. The molecule has 0 saturated heterocycles. The molecule has 1 aromatic heterocycles. The fourth-order valence-electron chi connectivity index (χ4n) is 1.87. The molecular formula is C11H13NO. The summed E-state index contributed by atoms with van der Waals surface area (Å²) in [7, 11) is 0. The van der Waals surface area contributed by atoms with Crippen molar-refractivity contribution in [3.05, 3.63) is 29.6 Å². The first-order valence-electron chi connectivity index (χ1n) is 4.60. The van der Waals surface area contributed by atoms with Gasteiger partial charge in [0.2, 0.25) is 0 Å². The monoisotopic (exact) mass is 175 g/mol. The Balaban J connectivity index is 2.47. The van der Waals surface area contributed by atoms with Crippen LogP contribution in [-0.4, -0.2) is 10.8 Å². The van der Waals surface area contributed by atoms with Crippen LogP contribution in [0.3, 0.4) is 0 Å². The second-order valence-corrected chi connectivity index (χ2v) is 3.81. The summed E-state index contributed by atoms with van der Waals surface area (Å²) in [6.07, 6.45) is 3.71.